The van der Waals surface area contributed by atoms with E-state index in [2.05, 4.69) is 35.8 Å². The van der Waals surface area contributed by atoms with E-state index in [9.17, 15) is 0 Å². The van der Waals surface area contributed by atoms with Crippen LogP contribution in [0.5, 0.6) is 0 Å². The highest BCUT2D eigenvalue weighted by Crippen LogP contribution is 2.17. The number of hydrogen-bond donors (Lipinski definition) is 1. The van der Waals surface area contributed by atoms with E-state index in [0.29, 0.717) is 6.04 Å². The lowest BCUT2D eigenvalue weighted by Gasteiger charge is -2.17. The summed E-state index contributed by atoms with van der Waals surface area (Å²) in [5.41, 5.74) is 0. The highest BCUT2D eigenvalue weighted by molar-refractivity contribution is 4.98. The fourth-order valence-electron chi connectivity index (χ4n) is 1.88. The van der Waals surface area contributed by atoms with Crippen LogP contribution in [0, 0.1) is 0 Å². The average molecular weight is 209 g/mol. The predicted molar refractivity (Wildman–Crippen MR) is 63.8 cm³/mol. The van der Waals surface area contributed by atoms with Crippen molar-refractivity contribution in [1.82, 2.24) is 14.9 Å². The van der Waals surface area contributed by atoms with Gasteiger partial charge in [0.05, 0.1) is 6.04 Å². The molecule has 86 valence electrons. The minimum absolute atomic E-state index is 0.418. The van der Waals surface area contributed by atoms with Crippen LogP contribution in [0.15, 0.2) is 12.4 Å². The van der Waals surface area contributed by atoms with Crippen molar-refractivity contribution < 1.29 is 0 Å². The summed E-state index contributed by atoms with van der Waals surface area (Å²) in [4.78, 5) is 4.41. The molecule has 0 bridgehead atoms. The van der Waals surface area contributed by atoms with Gasteiger partial charge in [0.2, 0.25) is 0 Å². The third-order valence-electron chi connectivity index (χ3n) is 2.72. The molecular weight excluding hydrogens is 186 g/mol. The lowest BCUT2D eigenvalue weighted by atomic mass is 10.1. The Hall–Kier alpha value is -0.830. The summed E-state index contributed by atoms with van der Waals surface area (Å²) < 4.78 is 2.11. The molecule has 0 fully saturated rings. The van der Waals surface area contributed by atoms with E-state index in [0.717, 1.165) is 12.4 Å². The first-order valence-corrected chi connectivity index (χ1v) is 6.00. The zero-order valence-electron chi connectivity index (χ0n) is 10.2. The van der Waals surface area contributed by atoms with Gasteiger partial charge in [-0.25, -0.2) is 4.98 Å². The molecule has 1 heterocycles. The summed E-state index contributed by atoms with van der Waals surface area (Å²) in [6.45, 7) is 5.39. The van der Waals surface area contributed by atoms with Crippen LogP contribution in [0.3, 0.4) is 0 Å². The van der Waals surface area contributed by atoms with Gasteiger partial charge in [0.1, 0.15) is 5.82 Å². The molecule has 0 saturated carbocycles. The molecule has 1 aromatic rings. The maximum absolute atomic E-state index is 4.41. The number of nitrogens with one attached hydrogen (secondary N) is 1. The van der Waals surface area contributed by atoms with E-state index in [-0.39, 0.29) is 0 Å². The molecule has 0 spiro atoms. The zero-order valence-corrected chi connectivity index (χ0v) is 10.2. The van der Waals surface area contributed by atoms with Gasteiger partial charge in [0, 0.05) is 19.4 Å². The van der Waals surface area contributed by atoms with Gasteiger partial charge in [0.15, 0.2) is 0 Å². The summed E-state index contributed by atoms with van der Waals surface area (Å²) in [7, 11) is 2.06. The molecule has 1 N–H and O–H groups in total. The van der Waals surface area contributed by atoms with Crippen molar-refractivity contribution in [2.75, 3.05) is 6.54 Å². The first kappa shape index (κ1) is 12.2. The predicted octanol–water partition coefficient (Wildman–Crippen LogP) is 2.65. The number of hydrogen-bond acceptors (Lipinski definition) is 2. The van der Waals surface area contributed by atoms with Gasteiger partial charge in [-0.1, -0.05) is 33.1 Å². The molecule has 0 aliphatic rings. The van der Waals surface area contributed by atoms with Crippen molar-refractivity contribution >= 4 is 0 Å². The zero-order chi connectivity index (χ0) is 11.1. The summed E-state index contributed by atoms with van der Waals surface area (Å²) in [6.07, 6.45) is 8.94. The monoisotopic (exact) mass is 209 g/mol. The summed E-state index contributed by atoms with van der Waals surface area (Å²) >= 11 is 0. The second-order valence-electron chi connectivity index (χ2n) is 4.00. The van der Waals surface area contributed by atoms with Gasteiger partial charge in [0.25, 0.3) is 0 Å². The Morgan fingerprint density at radius 1 is 1.40 bits per heavy atom. The molecule has 3 heteroatoms. The van der Waals surface area contributed by atoms with E-state index >= 15 is 0 Å². The number of aromatic nitrogens is 2. The smallest absolute Gasteiger partial charge is 0.125 e. The highest BCUT2D eigenvalue weighted by Gasteiger charge is 2.13. The molecule has 3 nitrogen and oxygen atoms in total. The van der Waals surface area contributed by atoms with Crippen molar-refractivity contribution in [3.63, 3.8) is 0 Å². The van der Waals surface area contributed by atoms with E-state index in [1.165, 1.54) is 25.7 Å². The number of aryl methyl sites for hydroxylation is 1. The Morgan fingerprint density at radius 2 is 2.20 bits per heavy atom. The fourth-order valence-corrected chi connectivity index (χ4v) is 1.88. The van der Waals surface area contributed by atoms with Crippen molar-refractivity contribution in [1.29, 1.82) is 0 Å². The Balaban J connectivity index is 2.53. The maximum Gasteiger partial charge on any atom is 0.125 e. The largest absolute Gasteiger partial charge is 0.337 e. The number of unbranched alkanes of at least 4 members (excludes halogenated alkanes) is 2. The summed E-state index contributed by atoms with van der Waals surface area (Å²) in [5.74, 6) is 1.16. The first-order chi connectivity index (χ1) is 7.29. The molecule has 1 aromatic heterocycles. The first-order valence-electron chi connectivity index (χ1n) is 6.00. The third-order valence-corrected chi connectivity index (χ3v) is 2.72. The van der Waals surface area contributed by atoms with Gasteiger partial charge < -0.3 is 9.88 Å². The molecule has 1 rings (SSSR count). The van der Waals surface area contributed by atoms with Crippen LogP contribution >= 0.6 is 0 Å². The lowest BCUT2D eigenvalue weighted by molar-refractivity contribution is 0.456. The topological polar surface area (TPSA) is 29.9 Å². The van der Waals surface area contributed by atoms with E-state index in [1.54, 1.807) is 0 Å². The minimum Gasteiger partial charge on any atom is -0.337 e. The molecular formula is C12H23N3. The molecule has 15 heavy (non-hydrogen) atoms. The van der Waals surface area contributed by atoms with Crippen molar-refractivity contribution in [3.8, 4) is 0 Å². The van der Waals surface area contributed by atoms with Crippen molar-refractivity contribution in [3.05, 3.63) is 18.2 Å². The van der Waals surface area contributed by atoms with Crippen LogP contribution in [0.2, 0.25) is 0 Å². The average Bonchev–Trinajstić information content (AvgIpc) is 2.64. The molecule has 1 unspecified atom stereocenters. The Morgan fingerprint density at radius 3 is 2.73 bits per heavy atom. The molecule has 0 aliphatic heterocycles. The molecule has 0 aliphatic carbocycles. The van der Waals surface area contributed by atoms with Crippen LogP contribution < -0.4 is 5.32 Å². The van der Waals surface area contributed by atoms with Crippen LogP contribution in [0.4, 0.5) is 0 Å². The Bertz CT molecular complexity index is 268. The fraction of sp³-hybridized carbons (Fsp3) is 0.750. The van der Waals surface area contributed by atoms with Gasteiger partial charge in [-0.15, -0.1) is 0 Å². The second-order valence-corrected chi connectivity index (χ2v) is 4.00. The van der Waals surface area contributed by atoms with Gasteiger partial charge in [-0.2, -0.15) is 0 Å². The Labute approximate surface area is 92.9 Å². The quantitative estimate of drug-likeness (QED) is 0.700. The Kier molecular flexibility index (Phi) is 5.40. The van der Waals surface area contributed by atoms with Crippen molar-refractivity contribution in [2.45, 2.75) is 45.6 Å². The van der Waals surface area contributed by atoms with Crippen LogP contribution in [0.1, 0.15) is 51.4 Å². The van der Waals surface area contributed by atoms with E-state index in [4.69, 9.17) is 0 Å². The number of nitrogens with zero attached hydrogens (tertiary/aromatic N) is 2. The normalized spacial score (nSPS) is 13.0. The van der Waals surface area contributed by atoms with Crippen LogP contribution in [-0.4, -0.2) is 16.1 Å². The SMILES string of the molecule is CCCCCC(NCC)c1nccn1C. The van der Waals surface area contributed by atoms with Crippen LogP contribution in [-0.2, 0) is 7.05 Å². The summed E-state index contributed by atoms with van der Waals surface area (Å²) in [5, 5.41) is 3.50. The molecule has 0 saturated heterocycles. The van der Waals surface area contributed by atoms with E-state index < -0.39 is 0 Å². The highest BCUT2D eigenvalue weighted by atomic mass is 15.1. The molecule has 1 atom stereocenters. The van der Waals surface area contributed by atoms with Gasteiger partial charge in [-0.05, 0) is 13.0 Å². The van der Waals surface area contributed by atoms with Crippen molar-refractivity contribution in [2.24, 2.45) is 7.05 Å². The van der Waals surface area contributed by atoms with E-state index in [1.807, 2.05) is 12.4 Å². The molecule has 0 radical (unpaired) electrons. The minimum atomic E-state index is 0.418. The second kappa shape index (κ2) is 6.62. The molecule has 0 amide bonds. The van der Waals surface area contributed by atoms with Gasteiger partial charge in [-0.3, -0.25) is 0 Å². The standard InChI is InChI=1S/C12H23N3/c1-4-6-7-8-11(13-5-2)12-14-9-10-15(12)3/h9-11,13H,4-8H2,1-3H3. The molecule has 0 aromatic carbocycles. The maximum atomic E-state index is 4.41. The lowest BCUT2D eigenvalue weighted by Crippen LogP contribution is -2.23. The number of rotatable bonds is 7. The van der Waals surface area contributed by atoms with Crippen LogP contribution in [0.25, 0.3) is 0 Å². The number of imidazole rings is 1. The third kappa shape index (κ3) is 3.67. The van der Waals surface area contributed by atoms with Gasteiger partial charge >= 0.3 is 0 Å². The summed E-state index contributed by atoms with van der Waals surface area (Å²) in [6, 6.07) is 0.418.